The fourth-order valence-electron chi connectivity index (χ4n) is 5.64. The van der Waals surface area contributed by atoms with Gasteiger partial charge in [-0.2, -0.15) is 0 Å². The third-order valence-corrected chi connectivity index (χ3v) is 7.65. The first-order valence-electron chi connectivity index (χ1n) is 12.8. The molecule has 1 saturated heterocycles. The quantitative estimate of drug-likeness (QED) is 0.510. The van der Waals surface area contributed by atoms with Crippen LogP contribution in [-0.4, -0.2) is 63.7 Å². The summed E-state index contributed by atoms with van der Waals surface area (Å²) in [6.45, 7) is 0.903. The Labute approximate surface area is 218 Å². The number of rotatable bonds is 5. The molecule has 5 rings (SSSR count). The summed E-state index contributed by atoms with van der Waals surface area (Å²) in [5.41, 5.74) is -0.714. The fraction of sp³-hybridized carbons (Fsp3) is 0.444. The number of ether oxygens (including phenoxy) is 1. The van der Waals surface area contributed by atoms with Gasteiger partial charge >= 0.3 is 11.7 Å². The van der Waals surface area contributed by atoms with Crippen LogP contribution in [0, 0.1) is 5.82 Å². The van der Waals surface area contributed by atoms with Crippen LogP contribution in [0.1, 0.15) is 54.9 Å². The van der Waals surface area contributed by atoms with Crippen molar-refractivity contribution in [2.75, 3.05) is 20.7 Å². The molecule has 0 spiro atoms. The van der Waals surface area contributed by atoms with Crippen molar-refractivity contribution in [3.8, 4) is 5.69 Å². The van der Waals surface area contributed by atoms with Crippen LogP contribution in [0.2, 0.25) is 0 Å². The summed E-state index contributed by atoms with van der Waals surface area (Å²) in [6, 6.07) is 6.70. The molecule has 2 fully saturated rings. The molecule has 1 aromatic carbocycles. The number of hydrogen-bond acceptors (Lipinski definition) is 7. The average molecular weight is 524 g/mol. The standard InChI is InChI=1S/C27H30FN5O5/c1-31-12-4-7-22(31)24(34)30-18-8-10-19(11-9-18)33-25(35)21-14-17(28)15-29-23(21)32(27(33)37)20-6-3-5-16(13-20)26(36)38-2/h3,5-6,13-15,18-19,22H,4,7-12H2,1-2H3,(H,30,34)/t18?,19?,22-/m0/s1. The summed E-state index contributed by atoms with van der Waals surface area (Å²) in [5.74, 6) is -1.26. The van der Waals surface area contributed by atoms with Gasteiger partial charge in [-0.1, -0.05) is 6.07 Å². The first kappa shape index (κ1) is 25.8. The van der Waals surface area contributed by atoms with Crippen LogP contribution >= 0.6 is 0 Å². The molecule has 1 amide bonds. The number of nitrogens with zero attached hydrogens (tertiary/aromatic N) is 4. The number of halogens is 1. The second-order valence-electron chi connectivity index (χ2n) is 10.0. The number of esters is 1. The van der Waals surface area contributed by atoms with E-state index in [-0.39, 0.29) is 34.6 Å². The number of pyridine rings is 1. The first-order valence-corrected chi connectivity index (χ1v) is 12.8. The molecule has 0 bridgehead atoms. The Bertz CT molecular complexity index is 1510. The Hall–Kier alpha value is -3.86. The monoisotopic (exact) mass is 523 g/mol. The maximum atomic E-state index is 14.2. The zero-order valence-electron chi connectivity index (χ0n) is 21.4. The molecular weight excluding hydrogens is 493 g/mol. The first-order chi connectivity index (χ1) is 18.3. The maximum absolute atomic E-state index is 14.2. The molecule has 2 aliphatic rings. The van der Waals surface area contributed by atoms with E-state index in [2.05, 4.69) is 15.2 Å². The number of likely N-dealkylation sites (tertiary alicyclic amines) is 1. The highest BCUT2D eigenvalue weighted by Crippen LogP contribution is 2.28. The van der Waals surface area contributed by atoms with Crippen molar-refractivity contribution in [1.82, 2.24) is 24.3 Å². The summed E-state index contributed by atoms with van der Waals surface area (Å²) >= 11 is 0. The minimum atomic E-state index is -0.696. The average Bonchev–Trinajstić information content (AvgIpc) is 3.36. The van der Waals surface area contributed by atoms with Crippen molar-refractivity contribution < 1.29 is 18.7 Å². The van der Waals surface area contributed by atoms with Crippen LogP contribution in [0.15, 0.2) is 46.1 Å². The SMILES string of the molecule is COC(=O)c1cccc(-n2c(=O)n(C3CCC(NC(=O)[C@@H]4CCCN4C)CC3)c(=O)c3cc(F)cnc32)c1. The van der Waals surface area contributed by atoms with Crippen molar-refractivity contribution >= 4 is 22.9 Å². The molecule has 3 heterocycles. The molecule has 0 radical (unpaired) electrons. The zero-order chi connectivity index (χ0) is 27.0. The molecule has 1 aliphatic carbocycles. The summed E-state index contributed by atoms with van der Waals surface area (Å²) in [5, 5.41) is 3.10. The van der Waals surface area contributed by atoms with Gasteiger partial charge in [-0.05, 0) is 76.4 Å². The number of aromatic nitrogens is 3. The summed E-state index contributed by atoms with van der Waals surface area (Å²) in [6.07, 6.45) is 4.99. The lowest BCUT2D eigenvalue weighted by Crippen LogP contribution is -2.48. The summed E-state index contributed by atoms with van der Waals surface area (Å²) in [4.78, 5) is 58.2. The minimum Gasteiger partial charge on any atom is -0.465 e. The smallest absolute Gasteiger partial charge is 0.337 e. The van der Waals surface area contributed by atoms with Gasteiger partial charge in [-0.15, -0.1) is 0 Å². The van der Waals surface area contributed by atoms with Gasteiger partial charge in [0.15, 0.2) is 5.65 Å². The van der Waals surface area contributed by atoms with E-state index in [9.17, 15) is 23.6 Å². The molecule has 0 unspecified atom stereocenters. The number of benzene rings is 1. The molecule has 1 saturated carbocycles. The largest absolute Gasteiger partial charge is 0.465 e. The van der Waals surface area contributed by atoms with E-state index in [0.29, 0.717) is 31.4 Å². The molecule has 11 heteroatoms. The van der Waals surface area contributed by atoms with Crippen LogP contribution in [0.4, 0.5) is 4.39 Å². The normalized spacial score (nSPS) is 21.9. The van der Waals surface area contributed by atoms with Crippen LogP contribution < -0.4 is 16.6 Å². The van der Waals surface area contributed by atoms with Crippen LogP contribution in [0.25, 0.3) is 16.7 Å². The highest BCUT2D eigenvalue weighted by atomic mass is 19.1. The molecular formula is C27H30FN5O5. The van der Waals surface area contributed by atoms with Gasteiger partial charge in [0, 0.05) is 12.1 Å². The van der Waals surface area contributed by atoms with Crippen molar-refractivity contribution in [2.24, 2.45) is 0 Å². The maximum Gasteiger partial charge on any atom is 0.337 e. The van der Waals surface area contributed by atoms with E-state index in [1.807, 2.05) is 7.05 Å². The predicted octanol–water partition coefficient (Wildman–Crippen LogP) is 2.17. The number of fused-ring (bicyclic) bond motifs is 1. The minimum absolute atomic E-state index is 0.00120. The van der Waals surface area contributed by atoms with E-state index in [1.165, 1.54) is 17.7 Å². The van der Waals surface area contributed by atoms with E-state index in [0.717, 1.165) is 36.2 Å². The Morgan fingerprint density at radius 3 is 2.55 bits per heavy atom. The Kier molecular flexibility index (Phi) is 7.11. The lowest BCUT2D eigenvalue weighted by atomic mass is 9.90. The van der Waals surface area contributed by atoms with E-state index in [4.69, 9.17) is 4.74 Å². The molecule has 1 aliphatic heterocycles. The molecule has 2 aromatic heterocycles. The van der Waals surface area contributed by atoms with Gasteiger partial charge < -0.3 is 10.1 Å². The van der Waals surface area contributed by atoms with Crippen molar-refractivity contribution in [1.29, 1.82) is 0 Å². The molecule has 3 aromatic rings. The number of likely N-dealkylation sites (N-methyl/N-ethyl adjacent to an activating group) is 1. The van der Waals surface area contributed by atoms with E-state index in [1.54, 1.807) is 18.2 Å². The van der Waals surface area contributed by atoms with Crippen molar-refractivity contribution in [3.63, 3.8) is 0 Å². The third-order valence-electron chi connectivity index (χ3n) is 7.65. The second-order valence-corrected chi connectivity index (χ2v) is 10.0. The van der Waals surface area contributed by atoms with Crippen LogP contribution in [0.3, 0.4) is 0 Å². The summed E-state index contributed by atoms with van der Waals surface area (Å²) < 4.78 is 21.4. The lowest BCUT2D eigenvalue weighted by Gasteiger charge is -2.31. The van der Waals surface area contributed by atoms with Gasteiger partial charge in [0.1, 0.15) is 5.82 Å². The Balaban J connectivity index is 1.49. The van der Waals surface area contributed by atoms with Crippen LogP contribution in [0.5, 0.6) is 0 Å². The van der Waals surface area contributed by atoms with E-state index < -0.39 is 29.1 Å². The Morgan fingerprint density at radius 1 is 1.11 bits per heavy atom. The van der Waals surface area contributed by atoms with E-state index >= 15 is 0 Å². The molecule has 38 heavy (non-hydrogen) atoms. The van der Waals surface area contributed by atoms with Crippen molar-refractivity contribution in [3.05, 3.63) is 68.7 Å². The number of hydrogen-bond donors (Lipinski definition) is 1. The zero-order valence-corrected chi connectivity index (χ0v) is 21.4. The second kappa shape index (κ2) is 10.5. The van der Waals surface area contributed by atoms with Gasteiger partial charge in [0.05, 0.1) is 36.0 Å². The molecule has 10 nitrogen and oxygen atoms in total. The molecule has 1 N–H and O–H groups in total. The lowest BCUT2D eigenvalue weighted by molar-refractivity contribution is -0.126. The third kappa shape index (κ3) is 4.73. The van der Waals surface area contributed by atoms with Crippen LogP contribution in [-0.2, 0) is 9.53 Å². The number of carbonyl (C=O) groups excluding carboxylic acids is 2. The molecule has 200 valence electrons. The highest BCUT2D eigenvalue weighted by molar-refractivity contribution is 5.90. The fourth-order valence-corrected chi connectivity index (χ4v) is 5.64. The topological polar surface area (TPSA) is 116 Å². The van der Waals surface area contributed by atoms with Gasteiger partial charge in [-0.25, -0.2) is 23.5 Å². The number of carbonyl (C=O) groups is 2. The Morgan fingerprint density at radius 2 is 1.87 bits per heavy atom. The predicted molar refractivity (Wildman–Crippen MR) is 138 cm³/mol. The number of amides is 1. The number of nitrogens with one attached hydrogen (secondary N) is 1. The van der Waals surface area contributed by atoms with Gasteiger partial charge in [-0.3, -0.25) is 19.1 Å². The summed E-state index contributed by atoms with van der Waals surface area (Å²) in [7, 11) is 3.20. The van der Waals surface area contributed by atoms with Gasteiger partial charge in [0.25, 0.3) is 5.56 Å². The highest BCUT2D eigenvalue weighted by Gasteiger charge is 2.32. The molecule has 1 atom stereocenters. The van der Waals surface area contributed by atoms with Crippen molar-refractivity contribution in [2.45, 2.75) is 56.7 Å². The number of methoxy groups -OCH3 is 1. The van der Waals surface area contributed by atoms with Gasteiger partial charge in [0.2, 0.25) is 5.91 Å².